The molecule has 0 spiro atoms. The minimum absolute atomic E-state index is 0.169. The van der Waals surface area contributed by atoms with Gasteiger partial charge in [-0.05, 0) is 30.9 Å². The van der Waals surface area contributed by atoms with E-state index in [1.807, 2.05) is 6.07 Å². The van der Waals surface area contributed by atoms with Gasteiger partial charge in [0, 0.05) is 12.6 Å². The Morgan fingerprint density at radius 3 is 2.32 bits per heavy atom. The van der Waals surface area contributed by atoms with Crippen LogP contribution in [0.5, 0.6) is 11.5 Å². The zero-order valence-electron chi connectivity index (χ0n) is 15.0. The maximum absolute atomic E-state index is 12.8. The highest BCUT2D eigenvalue weighted by Gasteiger charge is 2.51. The molecule has 0 aromatic heterocycles. The molecule has 0 saturated carbocycles. The molecule has 7 heteroatoms. The van der Waals surface area contributed by atoms with Crippen LogP contribution in [-0.2, 0) is 16.0 Å². The number of methoxy groups -OCH3 is 2. The fraction of sp³-hybridized carbons (Fsp3) is 0.500. The summed E-state index contributed by atoms with van der Waals surface area (Å²) in [7, 11) is 3.12. The Hall–Kier alpha value is -2.57. The topological polar surface area (TPSA) is 84.9 Å². The van der Waals surface area contributed by atoms with Gasteiger partial charge in [0.1, 0.15) is 16.9 Å². The molecule has 0 aliphatic carbocycles. The van der Waals surface area contributed by atoms with E-state index in [9.17, 15) is 14.4 Å². The normalized spacial score (nSPS) is 16.6. The molecule has 4 amide bonds. The fourth-order valence-corrected chi connectivity index (χ4v) is 3.10. The molecule has 2 rings (SSSR count). The van der Waals surface area contributed by atoms with Gasteiger partial charge in [0.25, 0.3) is 0 Å². The predicted octanol–water partition coefficient (Wildman–Crippen LogP) is 2.13. The van der Waals surface area contributed by atoms with E-state index in [4.69, 9.17) is 9.47 Å². The number of hydrogen-bond donors (Lipinski definition) is 1. The first-order valence-electron chi connectivity index (χ1n) is 8.31. The second-order valence-electron chi connectivity index (χ2n) is 5.93. The van der Waals surface area contributed by atoms with E-state index in [1.165, 1.54) is 0 Å². The summed E-state index contributed by atoms with van der Waals surface area (Å²) in [5.41, 5.74) is -0.322. The van der Waals surface area contributed by atoms with Crippen molar-refractivity contribution in [3.63, 3.8) is 0 Å². The molecule has 0 radical (unpaired) electrons. The SMILES string of the molecule is CCC1(CC)C(=O)NC(=O)N(CCc2ccc(OC)cc2OC)C1=O. The Kier molecular flexibility index (Phi) is 5.66. The number of hydrogen-bond acceptors (Lipinski definition) is 5. The lowest BCUT2D eigenvalue weighted by Crippen LogP contribution is -2.63. The van der Waals surface area contributed by atoms with Crippen LogP contribution in [0, 0.1) is 5.41 Å². The number of nitrogens with one attached hydrogen (secondary N) is 1. The van der Waals surface area contributed by atoms with Crippen molar-refractivity contribution in [1.82, 2.24) is 10.2 Å². The number of urea groups is 1. The molecule has 1 aliphatic heterocycles. The van der Waals surface area contributed by atoms with Crippen LogP contribution in [0.25, 0.3) is 0 Å². The molecule has 1 saturated heterocycles. The third-order valence-corrected chi connectivity index (χ3v) is 4.86. The van der Waals surface area contributed by atoms with Crippen LogP contribution in [0.2, 0.25) is 0 Å². The van der Waals surface area contributed by atoms with Crippen LogP contribution in [-0.4, -0.2) is 43.5 Å². The van der Waals surface area contributed by atoms with E-state index in [-0.39, 0.29) is 6.54 Å². The van der Waals surface area contributed by atoms with Gasteiger partial charge in [0.15, 0.2) is 0 Å². The Morgan fingerprint density at radius 2 is 1.76 bits per heavy atom. The van der Waals surface area contributed by atoms with Crippen molar-refractivity contribution in [3.05, 3.63) is 23.8 Å². The number of carbonyl (C=O) groups is 3. The van der Waals surface area contributed by atoms with Gasteiger partial charge in [-0.3, -0.25) is 19.8 Å². The highest BCUT2D eigenvalue weighted by atomic mass is 16.5. The van der Waals surface area contributed by atoms with E-state index >= 15 is 0 Å². The average molecular weight is 348 g/mol. The van der Waals surface area contributed by atoms with Gasteiger partial charge in [-0.2, -0.15) is 0 Å². The minimum atomic E-state index is -1.17. The van der Waals surface area contributed by atoms with Crippen LogP contribution in [0.3, 0.4) is 0 Å². The van der Waals surface area contributed by atoms with E-state index in [1.54, 1.807) is 40.2 Å². The van der Waals surface area contributed by atoms with Crippen LogP contribution in [0.1, 0.15) is 32.3 Å². The summed E-state index contributed by atoms with van der Waals surface area (Å²) in [5.74, 6) is 0.344. The van der Waals surface area contributed by atoms with Gasteiger partial charge < -0.3 is 9.47 Å². The van der Waals surface area contributed by atoms with E-state index in [2.05, 4.69) is 5.32 Å². The lowest BCUT2D eigenvalue weighted by Gasteiger charge is -2.38. The van der Waals surface area contributed by atoms with Crippen molar-refractivity contribution in [2.24, 2.45) is 5.41 Å². The van der Waals surface area contributed by atoms with Gasteiger partial charge in [-0.1, -0.05) is 19.9 Å². The summed E-state index contributed by atoms with van der Waals surface area (Å²) in [6.07, 6.45) is 1.12. The lowest BCUT2D eigenvalue weighted by molar-refractivity contribution is -0.152. The zero-order chi connectivity index (χ0) is 18.6. The third kappa shape index (κ3) is 3.31. The highest BCUT2D eigenvalue weighted by molar-refractivity contribution is 6.19. The Balaban J connectivity index is 2.21. The number of barbiturate groups is 1. The second kappa shape index (κ2) is 7.55. The summed E-state index contributed by atoms with van der Waals surface area (Å²) in [6.45, 7) is 3.73. The van der Waals surface area contributed by atoms with Gasteiger partial charge in [-0.15, -0.1) is 0 Å². The van der Waals surface area contributed by atoms with Gasteiger partial charge in [0.05, 0.1) is 14.2 Å². The highest BCUT2D eigenvalue weighted by Crippen LogP contribution is 2.33. The Morgan fingerprint density at radius 1 is 1.08 bits per heavy atom. The average Bonchev–Trinajstić information content (AvgIpc) is 2.62. The van der Waals surface area contributed by atoms with E-state index in [0.717, 1.165) is 10.5 Å². The number of carbonyl (C=O) groups excluding carboxylic acids is 3. The van der Waals surface area contributed by atoms with Crippen molar-refractivity contribution in [2.75, 3.05) is 20.8 Å². The van der Waals surface area contributed by atoms with Crippen molar-refractivity contribution >= 4 is 17.8 Å². The molecule has 1 N–H and O–H groups in total. The fourth-order valence-electron chi connectivity index (χ4n) is 3.10. The first-order valence-corrected chi connectivity index (χ1v) is 8.31. The summed E-state index contributed by atoms with van der Waals surface area (Å²) in [4.78, 5) is 38.2. The molecule has 136 valence electrons. The molecular weight excluding hydrogens is 324 g/mol. The number of rotatable bonds is 7. The summed E-state index contributed by atoms with van der Waals surface area (Å²) < 4.78 is 10.5. The number of benzene rings is 1. The summed E-state index contributed by atoms with van der Waals surface area (Å²) in [6, 6.07) is 4.71. The largest absolute Gasteiger partial charge is 0.497 e. The monoisotopic (exact) mass is 348 g/mol. The molecule has 0 bridgehead atoms. The molecule has 25 heavy (non-hydrogen) atoms. The maximum atomic E-state index is 12.8. The minimum Gasteiger partial charge on any atom is -0.497 e. The van der Waals surface area contributed by atoms with Crippen LogP contribution in [0.15, 0.2) is 18.2 Å². The van der Waals surface area contributed by atoms with Crippen LogP contribution >= 0.6 is 0 Å². The number of nitrogens with zero attached hydrogens (tertiary/aromatic N) is 1. The first-order chi connectivity index (χ1) is 11.9. The van der Waals surface area contributed by atoms with Crippen molar-refractivity contribution in [2.45, 2.75) is 33.1 Å². The molecule has 1 fully saturated rings. The van der Waals surface area contributed by atoms with Gasteiger partial charge in [-0.25, -0.2) is 4.79 Å². The van der Waals surface area contributed by atoms with Gasteiger partial charge in [0.2, 0.25) is 11.8 Å². The molecule has 1 heterocycles. The molecule has 7 nitrogen and oxygen atoms in total. The van der Waals surface area contributed by atoms with Crippen LogP contribution < -0.4 is 14.8 Å². The predicted molar refractivity (Wildman–Crippen MR) is 91.5 cm³/mol. The molecular formula is C18H24N2O5. The quantitative estimate of drug-likeness (QED) is 0.763. The third-order valence-electron chi connectivity index (χ3n) is 4.86. The number of amides is 4. The molecule has 1 aliphatic rings. The lowest BCUT2D eigenvalue weighted by atomic mass is 9.78. The van der Waals surface area contributed by atoms with E-state index in [0.29, 0.717) is 30.8 Å². The maximum Gasteiger partial charge on any atom is 0.330 e. The van der Waals surface area contributed by atoms with Gasteiger partial charge >= 0.3 is 6.03 Å². The zero-order valence-corrected chi connectivity index (χ0v) is 15.0. The van der Waals surface area contributed by atoms with Crippen molar-refractivity contribution in [1.29, 1.82) is 0 Å². The standard InChI is InChI=1S/C18H24N2O5/c1-5-18(6-2)15(21)19-17(23)20(16(18)22)10-9-12-7-8-13(24-3)11-14(12)25-4/h7-8,11H,5-6,9-10H2,1-4H3,(H,19,21,23). The number of imide groups is 2. The first kappa shape index (κ1) is 18.8. The van der Waals surface area contributed by atoms with Crippen molar-refractivity contribution < 1.29 is 23.9 Å². The Labute approximate surface area is 147 Å². The molecule has 1 aromatic rings. The van der Waals surface area contributed by atoms with Crippen LogP contribution in [0.4, 0.5) is 4.79 Å². The number of ether oxygens (including phenoxy) is 2. The van der Waals surface area contributed by atoms with Crippen molar-refractivity contribution in [3.8, 4) is 11.5 Å². The Bertz CT molecular complexity index is 682. The summed E-state index contributed by atoms with van der Waals surface area (Å²) in [5, 5.41) is 2.31. The smallest absolute Gasteiger partial charge is 0.330 e. The molecule has 1 aromatic carbocycles. The van der Waals surface area contributed by atoms with E-state index < -0.39 is 23.3 Å². The molecule has 0 unspecified atom stereocenters. The second-order valence-corrected chi connectivity index (χ2v) is 5.93. The summed E-state index contributed by atoms with van der Waals surface area (Å²) >= 11 is 0. The molecule has 0 atom stereocenters.